The van der Waals surface area contributed by atoms with Gasteiger partial charge in [0.25, 0.3) is 0 Å². The Balaban J connectivity index is 2.74. The van der Waals surface area contributed by atoms with E-state index < -0.39 is 16.8 Å². The van der Waals surface area contributed by atoms with Crippen molar-refractivity contribution in [1.82, 2.24) is 0 Å². The average Bonchev–Trinajstić information content (AvgIpc) is 2.28. The molecule has 17 heavy (non-hydrogen) atoms. The predicted octanol–water partition coefficient (Wildman–Crippen LogP) is 2.67. The van der Waals surface area contributed by atoms with Crippen molar-refractivity contribution in [3.05, 3.63) is 35.9 Å². The van der Waals surface area contributed by atoms with Crippen LogP contribution in [0.4, 0.5) is 0 Å². The largest absolute Gasteiger partial charge is 0.480 e. The summed E-state index contributed by atoms with van der Waals surface area (Å²) in [6, 6.07) is 9.15. The molecule has 0 aliphatic heterocycles. The molecule has 1 unspecified atom stereocenters. The number of nitrogens with two attached hydrogens (primary N) is 1. The molecule has 0 aromatic heterocycles. The SMILES string of the molecule is CC(SC(C)(C)[C@H](N)C(=O)O)c1ccccc1. The highest BCUT2D eigenvalue weighted by atomic mass is 32.2. The third kappa shape index (κ3) is 3.75. The molecule has 0 amide bonds. The molecule has 94 valence electrons. The molecule has 1 aromatic rings. The quantitative estimate of drug-likeness (QED) is 0.847. The molecule has 1 rings (SSSR count). The summed E-state index contributed by atoms with van der Waals surface area (Å²) in [6.45, 7) is 5.81. The van der Waals surface area contributed by atoms with E-state index in [1.54, 1.807) is 11.8 Å². The topological polar surface area (TPSA) is 63.3 Å². The maximum atomic E-state index is 10.9. The molecule has 0 bridgehead atoms. The molecule has 0 spiro atoms. The van der Waals surface area contributed by atoms with E-state index in [0.717, 1.165) is 0 Å². The smallest absolute Gasteiger partial charge is 0.321 e. The zero-order valence-corrected chi connectivity index (χ0v) is 11.2. The number of rotatable bonds is 5. The molecule has 1 aromatic carbocycles. The molecule has 3 nitrogen and oxygen atoms in total. The maximum Gasteiger partial charge on any atom is 0.321 e. The Bertz CT molecular complexity index is 378. The molecule has 0 aliphatic carbocycles. The third-order valence-electron chi connectivity index (χ3n) is 2.76. The van der Waals surface area contributed by atoms with E-state index in [9.17, 15) is 4.79 Å². The zero-order valence-electron chi connectivity index (χ0n) is 10.4. The Morgan fingerprint density at radius 1 is 1.35 bits per heavy atom. The lowest BCUT2D eigenvalue weighted by Gasteiger charge is -2.31. The molecular weight excluding hydrogens is 234 g/mol. The molecule has 0 aliphatic rings. The fourth-order valence-electron chi connectivity index (χ4n) is 1.62. The van der Waals surface area contributed by atoms with Crippen molar-refractivity contribution in [3.63, 3.8) is 0 Å². The van der Waals surface area contributed by atoms with E-state index in [-0.39, 0.29) is 5.25 Å². The second-order valence-corrected chi connectivity index (χ2v) is 6.59. The van der Waals surface area contributed by atoms with Gasteiger partial charge in [-0.25, -0.2) is 0 Å². The van der Waals surface area contributed by atoms with E-state index in [1.165, 1.54) is 5.56 Å². The van der Waals surface area contributed by atoms with E-state index in [1.807, 2.05) is 44.2 Å². The highest BCUT2D eigenvalue weighted by Gasteiger charge is 2.34. The summed E-state index contributed by atoms with van der Waals surface area (Å²) in [4.78, 5) is 10.9. The van der Waals surface area contributed by atoms with Gasteiger partial charge >= 0.3 is 5.97 Å². The van der Waals surface area contributed by atoms with Gasteiger partial charge in [0.15, 0.2) is 0 Å². The minimum atomic E-state index is -0.956. The molecule has 0 saturated heterocycles. The van der Waals surface area contributed by atoms with Crippen molar-refractivity contribution in [2.75, 3.05) is 0 Å². The lowest BCUT2D eigenvalue weighted by Crippen LogP contribution is -2.47. The van der Waals surface area contributed by atoms with Crippen LogP contribution < -0.4 is 5.73 Å². The Morgan fingerprint density at radius 2 is 1.88 bits per heavy atom. The number of carbonyl (C=O) groups is 1. The van der Waals surface area contributed by atoms with Gasteiger partial charge < -0.3 is 10.8 Å². The van der Waals surface area contributed by atoms with Crippen molar-refractivity contribution in [2.24, 2.45) is 5.73 Å². The fraction of sp³-hybridized carbons (Fsp3) is 0.462. The van der Waals surface area contributed by atoms with Gasteiger partial charge in [0.05, 0.1) is 0 Å². The Labute approximate surface area is 106 Å². The van der Waals surface area contributed by atoms with Crippen molar-refractivity contribution in [2.45, 2.75) is 36.8 Å². The number of hydrogen-bond acceptors (Lipinski definition) is 3. The number of carboxylic acid groups (broad SMARTS) is 1. The Kier molecular flexibility index (Phi) is 4.60. The molecule has 0 heterocycles. The van der Waals surface area contributed by atoms with Gasteiger partial charge in [-0.2, -0.15) is 0 Å². The molecule has 0 fully saturated rings. The second kappa shape index (κ2) is 5.56. The first-order valence-electron chi connectivity index (χ1n) is 5.55. The summed E-state index contributed by atoms with van der Waals surface area (Å²) in [6.07, 6.45) is 0. The van der Waals surface area contributed by atoms with Gasteiger partial charge in [-0.05, 0) is 26.3 Å². The number of benzene rings is 1. The lowest BCUT2D eigenvalue weighted by molar-refractivity contribution is -0.139. The number of hydrogen-bond donors (Lipinski definition) is 2. The van der Waals surface area contributed by atoms with Crippen LogP contribution in [0.1, 0.15) is 31.6 Å². The van der Waals surface area contributed by atoms with Crippen LogP contribution >= 0.6 is 11.8 Å². The molecule has 3 N–H and O–H groups in total. The molecule has 4 heteroatoms. The summed E-state index contributed by atoms with van der Waals surface area (Å²) >= 11 is 1.59. The van der Waals surface area contributed by atoms with E-state index in [4.69, 9.17) is 10.8 Å². The summed E-state index contributed by atoms with van der Waals surface area (Å²) in [5.41, 5.74) is 6.88. The lowest BCUT2D eigenvalue weighted by atomic mass is 10.1. The Morgan fingerprint density at radius 3 is 2.35 bits per heavy atom. The molecule has 0 saturated carbocycles. The second-order valence-electron chi connectivity index (χ2n) is 4.59. The van der Waals surface area contributed by atoms with E-state index in [0.29, 0.717) is 0 Å². The monoisotopic (exact) mass is 253 g/mol. The standard InChI is InChI=1S/C13H19NO2S/c1-9(10-7-5-4-6-8-10)17-13(2,3)11(14)12(15)16/h4-9,11H,14H2,1-3H3,(H,15,16)/t9?,11-/m1/s1. The van der Waals surface area contributed by atoms with E-state index in [2.05, 4.69) is 6.92 Å². The zero-order chi connectivity index (χ0) is 13.1. The van der Waals surface area contributed by atoms with Crippen LogP contribution in [0.2, 0.25) is 0 Å². The minimum absolute atomic E-state index is 0.219. The third-order valence-corrected chi connectivity index (χ3v) is 4.25. The minimum Gasteiger partial charge on any atom is -0.480 e. The highest BCUT2D eigenvalue weighted by molar-refractivity contribution is 8.00. The van der Waals surface area contributed by atoms with Crippen molar-refractivity contribution in [1.29, 1.82) is 0 Å². The highest BCUT2D eigenvalue weighted by Crippen LogP contribution is 2.39. The van der Waals surface area contributed by atoms with Crippen molar-refractivity contribution in [3.8, 4) is 0 Å². The maximum absolute atomic E-state index is 10.9. The van der Waals surface area contributed by atoms with Gasteiger partial charge in [-0.3, -0.25) is 4.79 Å². The summed E-state index contributed by atoms with van der Waals surface area (Å²) < 4.78 is -0.499. The van der Waals surface area contributed by atoms with Crippen LogP contribution in [-0.4, -0.2) is 21.9 Å². The first kappa shape index (κ1) is 14.1. The van der Waals surface area contributed by atoms with Gasteiger partial charge in [-0.15, -0.1) is 11.8 Å². The van der Waals surface area contributed by atoms with Crippen molar-refractivity contribution < 1.29 is 9.90 Å². The Hall–Kier alpha value is -1.00. The summed E-state index contributed by atoms with van der Waals surface area (Å²) in [7, 11) is 0. The first-order valence-corrected chi connectivity index (χ1v) is 6.43. The molecule has 0 radical (unpaired) electrons. The predicted molar refractivity (Wildman–Crippen MR) is 72.1 cm³/mol. The van der Waals surface area contributed by atoms with Gasteiger partial charge in [0.1, 0.15) is 6.04 Å². The normalized spacial score (nSPS) is 15.3. The number of thioether (sulfide) groups is 1. The average molecular weight is 253 g/mol. The van der Waals surface area contributed by atoms with Crippen LogP contribution in [0.25, 0.3) is 0 Å². The summed E-state index contributed by atoms with van der Waals surface area (Å²) in [5, 5.41) is 9.18. The first-order chi connectivity index (χ1) is 7.84. The molecule has 2 atom stereocenters. The summed E-state index contributed by atoms with van der Waals surface area (Å²) in [5.74, 6) is -0.956. The van der Waals surface area contributed by atoms with Gasteiger partial charge in [-0.1, -0.05) is 30.3 Å². The number of aliphatic carboxylic acids is 1. The van der Waals surface area contributed by atoms with E-state index >= 15 is 0 Å². The van der Waals surface area contributed by atoms with Gasteiger partial charge in [0, 0.05) is 10.00 Å². The van der Waals surface area contributed by atoms with Gasteiger partial charge in [0.2, 0.25) is 0 Å². The van der Waals surface area contributed by atoms with Crippen LogP contribution in [0, 0.1) is 0 Å². The van der Waals surface area contributed by atoms with Crippen LogP contribution in [0.5, 0.6) is 0 Å². The van der Waals surface area contributed by atoms with Crippen LogP contribution in [-0.2, 0) is 4.79 Å². The molecular formula is C13H19NO2S. The van der Waals surface area contributed by atoms with Crippen LogP contribution in [0.3, 0.4) is 0 Å². The fourth-order valence-corrected chi connectivity index (χ4v) is 3.07. The van der Waals surface area contributed by atoms with Crippen molar-refractivity contribution >= 4 is 17.7 Å². The number of carboxylic acids is 1. The van der Waals surface area contributed by atoms with Crippen LogP contribution in [0.15, 0.2) is 30.3 Å².